The summed E-state index contributed by atoms with van der Waals surface area (Å²) in [4.78, 5) is 36.3. The van der Waals surface area contributed by atoms with E-state index in [1.807, 2.05) is 18.3 Å². The van der Waals surface area contributed by atoms with E-state index >= 15 is 0 Å². The maximum Gasteiger partial charge on any atom is 0.329 e. The molecule has 2 aromatic rings. The van der Waals surface area contributed by atoms with Crippen molar-refractivity contribution in [1.29, 1.82) is 0 Å². The third kappa shape index (κ3) is 5.35. The summed E-state index contributed by atoms with van der Waals surface area (Å²) in [6.07, 6.45) is -1.33. The molecule has 2 amide bonds. The zero-order valence-corrected chi connectivity index (χ0v) is 15.6. The lowest BCUT2D eigenvalue weighted by Crippen LogP contribution is -2.42. The Morgan fingerprint density at radius 2 is 1.61 bits per heavy atom. The Morgan fingerprint density at radius 1 is 1.00 bits per heavy atom. The van der Waals surface area contributed by atoms with Gasteiger partial charge < -0.3 is 15.4 Å². The summed E-state index contributed by atoms with van der Waals surface area (Å²) in [6.45, 7) is 4.48. The average Bonchev–Trinajstić information content (AvgIpc) is 2.64. The predicted octanol–water partition coefficient (Wildman–Crippen LogP) is 2.96. The highest BCUT2D eigenvalue weighted by atomic mass is 19.1. The van der Waals surface area contributed by atoms with Crippen molar-refractivity contribution in [2.24, 2.45) is 0 Å². The second-order valence-electron chi connectivity index (χ2n) is 6.23. The molecule has 2 atom stereocenters. The molecule has 148 valence electrons. The maximum atomic E-state index is 13.6. The van der Waals surface area contributed by atoms with E-state index in [4.69, 9.17) is 4.74 Å². The quantitative estimate of drug-likeness (QED) is 0.743. The zero-order valence-electron chi connectivity index (χ0n) is 15.6. The fraction of sp³-hybridized carbons (Fsp3) is 0.250. The van der Waals surface area contributed by atoms with Gasteiger partial charge in [-0.15, -0.1) is 0 Å². The number of carbonyl (C=O) groups excluding carboxylic acids is 3. The Morgan fingerprint density at radius 3 is 2.21 bits per heavy atom. The van der Waals surface area contributed by atoms with E-state index in [2.05, 4.69) is 5.32 Å². The molecule has 0 unspecified atom stereocenters. The molecule has 0 aromatic heterocycles. The van der Waals surface area contributed by atoms with Crippen LogP contribution in [0.25, 0.3) is 0 Å². The van der Waals surface area contributed by atoms with E-state index in [1.54, 1.807) is 18.2 Å². The lowest BCUT2D eigenvalue weighted by atomic mass is 10.1. The number of halogens is 2. The van der Waals surface area contributed by atoms with Gasteiger partial charge in [0.2, 0.25) is 0 Å². The van der Waals surface area contributed by atoms with Crippen molar-refractivity contribution in [2.45, 2.75) is 32.9 Å². The lowest BCUT2D eigenvalue weighted by molar-refractivity contribution is -0.154. The van der Waals surface area contributed by atoms with Gasteiger partial charge in [-0.3, -0.25) is 9.59 Å². The first-order valence-electron chi connectivity index (χ1n) is 8.52. The standard InChI is InChI=1S/C20H20F2N2O4/c1-11-6-4-7-14(10-11)19(26)23-12(2)20(27)28-13(3)18(25)24-17-15(21)8-5-9-16(17)22/h4-10,12-13H,1-3H3,(H,23,26)(H,24,25)/t12-,13-/m0/s1. The number of rotatable bonds is 6. The van der Waals surface area contributed by atoms with Crippen LogP contribution in [0.2, 0.25) is 0 Å². The highest BCUT2D eigenvalue weighted by Gasteiger charge is 2.24. The number of anilines is 1. The van der Waals surface area contributed by atoms with Crippen LogP contribution in [0.1, 0.15) is 29.8 Å². The number of ether oxygens (including phenoxy) is 1. The molecule has 6 nitrogen and oxygen atoms in total. The Hall–Kier alpha value is -3.29. The molecule has 0 heterocycles. The van der Waals surface area contributed by atoms with Crippen LogP contribution in [0, 0.1) is 18.6 Å². The SMILES string of the molecule is Cc1cccc(C(=O)N[C@@H](C)C(=O)O[C@@H](C)C(=O)Nc2c(F)cccc2F)c1. The zero-order chi connectivity index (χ0) is 20.8. The van der Waals surface area contributed by atoms with Gasteiger partial charge in [0.05, 0.1) is 0 Å². The Kier molecular flexibility index (Phi) is 6.81. The number of nitrogens with one attached hydrogen (secondary N) is 2. The molecule has 0 saturated carbocycles. The second-order valence-corrected chi connectivity index (χ2v) is 6.23. The summed E-state index contributed by atoms with van der Waals surface area (Å²) in [7, 11) is 0. The molecule has 0 saturated heterocycles. The van der Waals surface area contributed by atoms with Crippen LogP contribution in [0.4, 0.5) is 14.5 Å². The number of benzene rings is 2. The molecule has 28 heavy (non-hydrogen) atoms. The van der Waals surface area contributed by atoms with Crippen LogP contribution < -0.4 is 10.6 Å². The van der Waals surface area contributed by atoms with Gasteiger partial charge in [-0.25, -0.2) is 13.6 Å². The maximum absolute atomic E-state index is 13.6. The van der Waals surface area contributed by atoms with Crippen LogP contribution >= 0.6 is 0 Å². The number of amides is 2. The third-order valence-corrected chi connectivity index (χ3v) is 3.85. The minimum atomic E-state index is -1.33. The van der Waals surface area contributed by atoms with Crippen molar-refractivity contribution in [2.75, 3.05) is 5.32 Å². The molecule has 0 fully saturated rings. The first-order chi connectivity index (χ1) is 13.2. The van der Waals surface area contributed by atoms with Crippen LogP contribution in [0.5, 0.6) is 0 Å². The topological polar surface area (TPSA) is 84.5 Å². The second kappa shape index (κ2) is 9.07. The summed E-state index contributed by atoms with van der Waals surface area (Å²) in [5, 5.41) is 4.51. The molecular weight excluding hydrogens is 370 g/mol. The molecule has 8 heteroatoms. The summed E-state index contributed by atoms with van der Waals surface area (Å²) >= 11 is 0. The molecule has 0 bridgehead atoms. The van der Waals surface area contributed by atoms with Crippen LogP contribution in [0.3, 0.4) is 0 Å². The van der Waals surface area contributed by atoms with Crippen molar-refractivity contribution < 1.29 is 27.9 Å². The smallest absolute Gasteiger partial charge is 0.329 e. The Labute approximate surface area is 160 Å². The molecule has 0 spiro atoms. The summed E-state index contributed by atoms with van der Waals surface area (Å²) in [5.41, 5.74) is 0.630. The van der Waals surface area contributed by atoms with E-state index in [0.717, 1.165) is 23.8 Å². The van der Waals surface area contributed by atoms with E-state index in [0.29, 0.717) is 5.56 Å². The lowest BCUT2D eigenvalue weighted by Gasteiger charge is -2.18. The largest absolute Gasteiger partial charge is 0.451 e. The minimum Gasteiger partial charge on any atom is -0.451 e. The first kappa shape index (κ1) is 21.0. The van der Waals surface area contributed by atoms with Crippen LogP contribution in [-0.4, -0.2) is 29.9 Å². The van der Waals surface area contributed by atoms with Crippen molar-refractivity contribution in [1.82, 2.24) is 5.32 Å². The highest BCUT2D eigenvalue weighted by Crippen LogP contribution is 2.18. The fourth-order valence-corrected chi connectivity index (χ4v) is 2.30. The molecular formula is C20H20F2N2O4. The minimum absolute atomic E-state index is 0.375. The Bertz CT molecular complexity index is 881. The van der Waals surface area contributed by atoms with Gasteiger partial charge in [0.25, 0.3) is 11.8 Å². The van der Waals surface area contributed by atoms with Crippen molar-refractivity contribution >= 4 is 23.5 Å². The number of aryl methyl sites for hydroxylation is 1. The van der Waals surface area contributed by atoms with Gasteiger partial charge in [0.1, 0.15) is 23.4 Å². The predicted molar refractivity (Wildman–Crippen MR) is 98.6 cm³/mol. The van der Waals surface area contributed by atoms with Crippen LogP contribution in [-0.2, 0) is 14.3 Å². The van der Waals surface area contributed by atoms with E-state index in [9.17, 15) is 23.2 Å². The molecule has 2 aromatic carbocycles. The van der Waals surface area contributed by atoms with Gasteiger partial charge >= 0.3 is 5.97 Å². The molecule has 0 aliphatic heterocycles. The Balaban J connectivity index is 1.93. The number of esters is 1. The fourth-order valence-electron chi connectivity index (χ4n) is 2.30. The van der Waals surface area contributed by atoms with E-state index < -0.39 is 47.3 Å². The summed E-state index contributed by atoms with van der Waals surface area (Å²) in [6, 6.07) is 8.88. The van der Waals surface area contributed by atoms with Gasteiger partial charge in [-0.05, 0) is 45.0 Å². The summed E-state index contributed by atoms with van der Waals surface area (Å²) < 4.78 is 32.2. The molecule has 0 aliphatic rings. The van der Waals surface area contributed by atoms with Crippen LogP contribution in [0.15, 0.2) is 42.5 Å². The van der Waals surface area contributed by atoms with E-state index in [1.165, 1.54) is 13.8 Å². The van der Waals surface area contributed by atoms with Gasteiger partial charge in [-0.1, -0.05) is 23.8 Å². The molecule has 0 aliphatic carbocycles. The monoisotopic (exact) mass is 390 g/mol. The average molecular weight is 390 g/mol. The highest BCUT2D eigenvalue weighted by molar-refractivity contribution is 5.98. The number of carbonyl (C=O) groups is 3. The van der Waals surface area contributed by atoms with Crippen molar-refractivity contribution in [3.05, 3.63) is 65.2 Å². The van der Waals surface area contributed by atoms with Gasteiger partial charge in [-0.2, -0.15) is 0 Å². The third-order valence-electron chi connectivity index (χ3n) is 3.85. The number of para-hydroxylation sites is 1. The molecule has 2 rings (SSSR count). The summed E-state index contributed by atoms with van der Waals surface area (Å²) in [5.74, 6) is -4.15. The van der Waals surface area contributed by atoms with Crippen molar-refractivity contribution in [3.8, 4) is 0 Å². The molecule has 2 N–H and O–H groups in total. The first-order valence-corrected chi connectivity index (χ1v) is 8.52. The number of hydrogen-bond acceptors (Lipinski definition) is 4. The van der Waals surface area contributed by atoms with E-state index in [-0.39, 0.29) is 0 Å². The number of hydrogen-bond donors (Lipinski definition) is 2. The normalized spacial score (nSPS) is 12.6. The van der Waals surface area contributed by atoms with Gasteiger partial charge in [0, 0.05) is 5.56 Å². The van der Waals surface area contributed by atoms with Crippen molar-refractivity contribution in [3.63, 3.8) is 0 Å². The van der Waals surface area contributed by atoms with Gasteiger partial charge in [0.15, 0.2) is 6.10 Å². The molecule has 0 radical (unpaired) electrons.